The van der Waals surface area contributed by atoms with Crippen LogP contribution in [0.25, 0.3) is 0 Å². The van der Waals surface area contributed by atoms with Gasteiger partial charge in [-0.2, -0.15) is 0 Å². The summed E-state index contributed by atoms with van der Waals surface area (Å²) >= 11 is 0. The molecule has 0 saturated heterocycles. The highest BCUT2D eigenvalue weighted by Crippen LogP contribution is 2.19. The maximum atomic E-state index is 11.4. The van der Waals surface area contributed by atoms with E-state index in [0.29, 0.717) is 0 Å². The molecule has 12 heavy (non-hydrogen) atoms. The lowest BCUT2D eigenvalue weighted by Gasteiger charge is -2.25. The monoisotopic (exact) mass is 170 g/mol. The van der Waals surface area contributed by atoms with Crippen molar-refractivity contribution in [2.24, 2.45) is 0 Å². The fourth-order valence-corrected chi connectivity index (χ4v) is 1.66. The SMILES string of the molecule is CN(C)/C=[N+](\[O-])C1CCCCC1. The lowest BCUT2D eigenvalue weighted by molar-refractivity contribution is -0.505. The molecule has 70 valence electrons. The van der Waals surface area contributed by atoms with Gasteiger partial charge in [0.1, 0.15) is 0 Å². The van der Waals surface area contributed by atoms with E-state index in [4.69, 9.17) is 0 Å². The smallest absolute Gasteiger partial charge is 0.236 e. The second-order valence-electron chi connectivity index (χ2n) is 3.73. The molecule has 0 aromatic heterocycles. The molecule has 0 amide bonds. The van der Waals surface area contributed by atoms with Crippen LogP contribution in [-0.2, 0) is 0 Å². The highest BCUT2D eigenvalue weighted by Gasteiger charge is 2.15. The second-order valence-corrected chi connectivity index (χ2v) is 3.73. The molecule has 0 bridgehead atoms. The van der Waals surface area contributed by atoms with Crippen LogP contribution in [0.5, 0.6) is 0 Å². The summed E-state index contributed by atoms with van der Waals surface area (Å²) in [4.78, 5) is 1.81. The van der Waals surface area contributed by atoms with Crippen molar-refractivity contribution in [1.82, 2.24) is 4.90 Å². The van der Waals surface area contributed by atoms with Gasteiger partial charge in [-0.05, 0) is 25.7 Å². The number of hydrogen-bond donors (Lipinski definition) is 0. The van der Waals surface area contributed by atoms with Crippen molar-refractivity contribution < 1.29 is 4.74 Å². The summed E-state index contributed by atoms with van der Waals surface area (Å²) in [7, 11) is 3.77. The summed E-state index contributed by atoms with van der Waals surface area (Å²) in [6.45, 7) is 0. The van der Waals surface area contributed by atoms with Gasteiger partial charge < -0.3 is 5.21 Å². The molecule has 0 unspecified atom stereocenters. The van der Waals surface area contributed by atoms with Crippen LogP contribution in [-0.4, -0.2) is 36.1 Å². The van der Waals surface area contributed by atoms with E-state index in [0.717, 1.165) is 17.6 Å². The molecule has 1 fully saturated rings. The quantitative estimate of drug-likeness (QED) is 0.206. The van der Waals surface area contributed by atoms with E-state index in [2.05, 4.69) is 0 Å². The van der Waals surface area contributed by atoms with Gasteiger partial charge in [-0.3, -0.25) is 9.64 Å². The number of nitrogens with zero attached hydrogens (tertiary/aromatic N) is 2. The number of rotatable bonds is 2. The van der Waals surface area contributed by atoms with Gasteiger partial charge in [0.25, 0.3) is 0 Å². The Bertz CT molecular complexity index is 160. The third-order valence-electron chi connectivity index (χ3n) is 2.28. The summed E-state index contributed by atoms with van der Waals surface area (Å²) < 4.78 is 1.11. The molecule has 0 atom stereocenters. The first-order valence-corrected chi connectivity index (χ1v) is 4.67. The molecule has 1 rings (SSSR count). The first kappa shape index (κ1) is 9.36. The summed E-state index contributed by atoms with van der Waals surface area (Å²) in [6, 6.07) is 0.237. The lowest BCUT2D eigenvalue weighted by atomic mass is 9.96. The van der Waals surface area contributed by atoms with Gasteiger partial charge in [-0.25, -0.2) is 0 Å². The molecule has 3 heteroatoms. The molecule has 0 aromatic carbocycles. The summed E-state index contributed by atoms with van der Waals surface area (Å²) in [5.41, 5.74) is 0. The molecule has 0 aliphatic heterocycles. The van der Waals surface area contributed by atoms with E-state index < -0.39 is 0 Å². The minimum absolute atomic E-state index is 0.237. The second kappa shape index (κ2) is 4.33. The van der Waals surface area contributed by atoms with Crippen LogP contribution in [0.1, 0.15) is 32.1 Å². The minimum Gasteiger partial charge on any atom is -0.715 e. The third kappa shape index (κ3) is 2.72. The molecule has 1 aliphatic rings. The Morgan fingerprint density at radius 1 is 1.25 bits per heavy atom. The van der Waals surface area contributed by atoms with Gasteiger partial charge in [0.15, 0.2) is 0 Å². The van der Waals surface area contributed by atoms with E-state index in [1.165, 1.54) is 19.3 Å². The minimum atomic E-state index is 0.237. The predicted octanol–water partition coefficient (Wildman–Crippen LogP) is 1.42. The fourth-order valence-electron chi connectivity index (χ4n) is 1.66. The van der Waals surface area contributed by atoms with Gasteiger partial charge in [0.05, 0.1) is 20.1 Å². The summed E-state index contributed by atoms with van der Waals surface area (Å²) in [5, 5.41) is 11.4. The molecule has 0 aromatic rings. The predicted molar refractivity (Wildman–Crippen MR) is 50.3 cm³/mol. The Kier molecular flexibility index (Phi) is 3.38. The van der Waals surface area contributed by atoms with Crippen molar-refractivity contribution in [2.75, 3.05) is 14.1 Å². The first-order valence-electron chi connectivity index (χ1n) is 4.67. The zero-order valence-corrected chi connectivity index (χ0v) is 7.99. The first-order chi connectivity index (χ1) is 5.70. The van der Waals surface area contributed by atoms with Gasteiger partial charge in [0, 0.05) is 0 Å². The standard InChI is InChI=1S/C9H18N2O/c1-10(2)8-11(12)9-6-4-3-5-7-9/h8-9H,3-7H2,1-2H3/b11-8-. The molecule has 0 N–H and O–H groups in total. The van der Waals surface area contributed by atoms with E-state index in [1.54, 1.807) is 6.34 Å². The topological polar surface area (TPSA) is 29.3 Å². The molecule has 1 aliphatic carbocycles. The zero-order chi connectivity index (χ0) is 8.97. The lowest BCUT2D eigenvalue weighted by Crippen LogP contribution is -2.29. The van der Waals surface area contributed by atoms with Gasteiger partial charge >= 0.3 is 0 Å². The highest BCUT2D eigenvalue weighted by atomic mass is 16.5. The van der Waals surface area contributed by atoms with Crippen molar-refractivity contribution in [1.29, 1.82) is 0 Å². The van der Waals surface area contributed by atoms with Gasteiger partial charge in [0.2, 0.25) is 6.34 Å². The van der Waals surface area contributed by atoms with Crippen LogP contribution >= 0.6 is 0 Å². The van der Waals surface area contributed by atoms with Crippen LogP contribution in [0, 0.1) is 5.21 Å². The maximum Gasteiger partial charge on any atom is 0.236 e. The molecule has 0 heterocycles. The van der Waals surface area contributed by atoms with Crippen LogP contribution in [0.2, 0.25) is 0 Å². The largest absolute Gasteiger partial charge is 0.715 e. The normalized spacial score (nSPS) is 21.0. The van der Waals surface area contributed by atoms with Crippen molar-refractivity contribution in [3.05, 3.63) is 5.21 Å². The summed E-state index contributed by atoms with van der Waals surface area (Å²) in [6.07, 6.45) is 7.49. The van der Waals surface area contributed by atoms with Crippen LogP contribution in [0.3, 0.4) is 0 Å². The van der Waals surface area contributed by atoms with E-state index in [-0.39, 0.29) is 6.04 Å². The van der Waals surface area contributed by atoms with E-state index in [9.17, 15) is 5.21 Å². The Morgan fingerprint density at radius 2 is 1.83 bits per heavy atom. The Balaban J connectivity index is 2.44. The number of hydroxylamine groups is 1. The van der Waals surface area contributed by atoms with Gasteiger partial charge in [-0.15, -0.1) is 0 Å². The van der Waals surface area contributed by atoms with E-state index in [1.807, 2.05) is 19.0 Å². The zero-order valence-electron chi connectivity index (χ0n) is 7.99. The van der Waals surface area contributed by atoms with Crippen molar-refractivity contribution in [3.63, 3.8) is 0 Å². The molecule has 3 nitrogen and oxygen atoms in total. The third-order valence-corrected chi connectivity index (χ3v) is 2.28. The Morgan fingerprint density at radius 3 is 2.33 bits per heavy atom. The Hall–Kier alpha value is -0.730. The molecule has 0 spiro atoms. The number of hydrogen-bond acceptors (Lipinski definition) is 1. The molecule has 0 radical (unpaired) electrons. The average molecular weight is 170 g/mol. The average Bonchev–Trinajstić information content (AvgIpc) is 2.05. The Labute approximate surface area is 74.3 Å². The molecular weight excluding hydrogens is 152 g/mol. The van der Waals surface area contributed by atoms with Crippen LogP contribution in [0.15, 0.2) is 0 Å². The summed E-state index contributed by atoms with van der Waals surface area (Å²) in [5.74, 6) is 0. The van der Waals surface area contributed by atoms with Crippen LogP contribution < -0.4 is 0 Å². The van der Waals surface area contributed by atoms with Crippen molar-refractivity contribution >= 4 is 6.34 Å². The van der Waals surface area contributed by atoms with Gasteiger partial charge in [-0.1, -0.05) is 6.42 Å². The van der Waals surface area contributed by atoms with Crippen molar-refractivity contribution in [3.8, 4) is 0 Å². The molecular formula is C9H18N2O. The highest BCUT2D eigenvalue weighted by molar-refractivity contribution is 5.47. The molecule has 1 saturated carbocycles. The van der Waals surface area contributed by atoms with Crippen molar-refractivity contribution in [2.45, 2.75) is 38.1 Å². The fraction of sp³-hybridized carbons (Fsp3) is 0.889. The van der Waals surface area contributed by atoms with E-state index >= 15 is 0 Å². The maximum absolute atomic E-state index is 11.4. The van der Waals surface area contributed by atoms with Crippen LogP contribution in [0.4, 0.5) is 0 Å².